The van der Waals surface area contributed by atoms with Crippen LogP contribution in [0.25, 0.3) is 0 Å². The van der Waals surface area contributed by atoms with E-state index in [2.05, 4.69) is 13.8 Å². The van der Waals surface area contributed by atoms with Crippen molar-refractivity contribution in [3.8, 4) is 5.75 Å². The van der Waals surface area contributed by atoms with Gasteiger partial charge in [-0.3, -0.25) is 4.84 Å². The summed E-state index contributed by atoms with van der Waals surface area (Å²) in [5.41, 5.74) is 0.238. The molecular weight excluding hydrogens is 246 g/mol. The predicted molar refractivity (Wildman–Crippen MR) is 72.1 cm³/mol. The Balaban J connectivity index is 2.27. The van der Waals surface area contributed by atoms with Gasteiger partial charge in [-0.25, -0.2) is 4.79 Å². The summed E-state index contributed by atoms with van der Waals surface area (Å²) >= 11 is 0. The first-order valence-electron chi connectivity index (χ1n) is 6.29. The fourth-order valence-electron chi connectivity index (χ4n) is 1.38. The van der Waals surface area contributed by atoms with Gasteiger partial charge >= 0.3 is 5.97 Å². The lowest BCUT2D eigenvalue weighted by atomic mass is 10.1. The van der Waals surface area contributed by atoms with Crippen LogP contribution in [-0.2, 0) is 4.84 Å². The Hall–Kier alpha value is -1.59. The number of carbonyl (C=O) groups is 1. The molecule has 0 unspecified atom stereocenters. The van der Waals surface area contributed by atoms with Gasteiger partial charge in [-0.1, -0.05) is 13.8 Å². The van der Waals surface area contributed by atoms with E-state index in [9.17, 15) is 4.79 Å². The quantitative estimate of drug-likeness (QED) is 0.579. The van der Waals surface area contributed by atoms with Crippen LogP contribution in [0.3, 0.4) is 0 Å². The van der Waals surface area contributed by atoms with Gasteiger partial charge in [0.15, 0.2) is 0 Å². The maximum atomic E-state index is 10.7. The van der Waals surface area contributed by atoms with Gasteiger partial charge in [0.25, 0.3) is 0 Å². The molecule has 0 radical (unpaired) electrons. The zero-order valence-electron chi connectivity index (χ0n) is 11.6. The summed E-state index contributed by atoms with van der Waals surface area (Å²) in [7, 11) is 1.86. The number of carboxylic acid groups (broad SMARTS) is 1. The van der Waals surface area contributed by atoms with E-state index in [1.54, 1.807) is 17.2 Å². The average molecular weight is 267 g/mol. The van der Waals surface area contributed by atoms with Gasteiger partial charge in [-0.2, -0.15) is 5.06 Å². The second kappa shape index (κ2) is 7.76. The third-order valence-corrected chi connectivity index (χ3v) is 2.62. The van der Waals surface area contributed by atoms with Crippen molar-refractivity contribution in [2.45, 2.75) is 20.3 Å². The number of ether oxygens (including phenoxy) is 1. The van der Waals surface area contributed by atoms with Crippen molar-refractivity contribution in [1.29, 1.82) is 0 Å². The number of carboxylic acids is 1. The third-order valence-electron chi connectivity index (χ3n) is 2.62. The summed E-state index contributed by atoms with van der Waals surface area (Å²) in [5.74, 6) is 0.272. The maximum Gasteiger partial charge on any atom is 0.335 e. The molecule has 0 amide bonds. The summed E-state index contributed by atoms with van der Waals surface area (Å²) in [6, 6.07) is 6.22. The lowest BCUT2D eigenvalue weighted by Crippen LogP contribution is -2.23. The topological polar surface area (TPSA) is 59.0 Å². The molecule has 0 aromatic heterocycles. The molecule has 0 heterocycles. The first kappa shape index (κ1) is 15.5. The van der Waals surface area contributed by atoms with Crippen molar-refractivity contribution >= 4 is 5.97 Å². The molecule has 5 heteroatoms. The van der Waals surface area contributed by atoms with Crippen LogP contribution in [0.15, 0.2) is 24.3 Å². The molecular formula is C14H21NO4. The van der Waals surface area contributed by atoms with Crippen molar-refractivity contribution < 1.29 is 19.5 Å². The Labute approximate surface area is 113 Å². The molecule has 0 aliphatic carbocycles. The Morgan fingerprint density at radius 2 is 1.95 bits per heavy atom. The highest BCUT2D eigenvalue weighted by molar-refractivity contribution is 5.87. The minimum Gasteiger partial charge on any atom is -0.478 e. The van der Waals surface area contributed by atoms with E-state index >= 15 is 0 Å². The number of hydroxylamine groups is 2. The minimum absolute atomic E-state index is 0.112. The molecule has 0 spiro atoms. The van der Waals surface area contributed by atoms with Crippen molar-refractivity contribution in [1.82, 2.24) is 5.06 Å². The highest BCUT2D eigenvalue weighted by Gasteiger charge is 2.03. The van der Waals surface area contributed by atoms with Gasteiger partial charge < -0.3 is 9.84 Å². The van der Waals surface area contributed by atoms with E-state index in [4.69, 9.17) is 14.7 Å². The SMILES string of the molecule is CC(C)CCN(C)OCOc1ccc(C(=O)O)cc1. The molecule has 5 nitrogen and oxygen atoms in total. The van der Waals surface area contributed by atoms with Crippen molar-refractivity contribution in [3.05, 3.63) is 29.8 Å². The Morgan fingerprint density at radius 1 is 1.32 bits per heavy atom. The van der Waals surface area contributed by atoms with E-state index in [0.717, 1.165) is 13.0 Å². The highest BCUT2D eigenvalue weighted by atomic mass is 16.8. The Morgan fingerprint density at radius 3 is 2.47 bits per heavy atom. The average Bonchev–Trinajstić information content (AvgIpc) is 2.37. The van der Waals surface area contributed by atoms with Crippen LogP contribution < -0.4 is 4.74 Å². The second-order valence-corrected chi connectivity index (χ2v) is 4.75. The molecule has 0 saturated carbocycles. The number of benzene rings is 1. The van der Waals surface area contributed by atoms with Gasteiger partial charge in [0.1, 0.15) is 5.75 Å². The number of hydrogen-bond acceptors (Lipinski definition) is 4. The molecule has 0 aliphatic rings. The van der Waals surface area contributed by atoms with Crippen molar-refractivity contribution in [2.24, 2.45) is 5.92 Å². The lowest BCUT2D eigenvalue weighted by Gasteiger charge is -2.17. The smallest absolute Gasteiger partial charge is 0.335 e. The molecule has 1 aromatic carbocycles. The largest absolute Gasteiger partial charge is 0.478 e. The Bertz CT molecular complexity index is 389. The summed E-state index contributed by atoms with van der Waals surface area (Å²) in [6.07, 6.45) is 1.06. The molecule has 0 saturated heterocycles. The minimum atomic E-state index is -0.948. The van der Waals surface area contributed by atoms with E-state index < -0.39 is 5.97 Å². The van der Waals surface area contributed by atoms with Crippen LogP contribution in [0.5, 0.6) is 5.75 Å². The molecule has 0 bridgehead atoms. The van der Waals surface area contributed by atoms with Gasteiger partial charge in [0, 0.05) is 13.6 Å². The molecule has 0 fully saturated rings. The number of hydrogen-bond donors (Lipinski definition) is 1. The van der Waals surface area contributed by atoms with Crippen LogP contribution in [0.4, 0.5) is 0 Å². The van der Waals surface area contributed by atoms with Crippen LogP contribution in [0.1, 0.15) is 30.6 Å². The maximum absolute atomic E-state index is 10.7. The van der Waals surface area contributed by atoms with Crippen LogP contribution in [0, 0.1) is 5.92 Å². The standard InChI is InChI=1S/C14H21NO4/c1-11(2)8-9-15(3)19-10-18-13-6-4-12(5-7-13)14(16)17/h4-7,11H,8-10H2,1-3H3,(H,16,17). The lowest BCUT2D eigenvalue weighted by molar-refractivity contribution is -0.187. The summed E-state index contributed by atoms with van der Waals surface area (Å²) in [5, 5.41) is 10.5. The first-order valence-corrected chi connectivity index (χ1v) is 6.29. The summed E-state index contributed by atoms with van der Waals surface area (Å²) in [4.78, 5) is 16.0. The zero-order valence-corrected chi connectivity index (χ0v) is 11.6. The molecule has 19 heavy (non-hydrogen) atoms. The highest BCUT2D eigenvalue weighted by Crippen LogP contribution is 2.12. The van der Waals surface area contributed by atoms with Crippen molar-refractivity contribution in [2.75, 3.05) is 20.4 Å². The number of aromatic carboxylic acids is 1. The van der Waals surface area contributed by atoms with Crippen LogP contribution >= 0.6 is 0 Å². The molecule has 0 aliphatic heterocycles. The first-order chi connectivity index (χ1) is 8.99. The molecule has 0 atom stereocenters. The normalized spacial score (nSPS) is 11.0. The van der Waals surface area contributed by atoms with E-state index in [0.29, 0.717) is 11.7 Å². The summed E-state index contributed by atoms with van der Waals surface area (Å²) in [6.45, 7) is 5.28. The molecule has 1 N–H and O–H groups in total. The van der Waals surface area contributed by atoms with E-state index in [1.807, 2.05) is 7.05 Å². The van der Waals surface area contributed by atoms with Crippen LogP contribution in [0.2, 0.25) is 0 Å². The van der Waals surface area contributed by atoms with Gasteiger partial charge in [-0.15, -0.1) is 0 Å². The van der Waals surface area contributed by atoms with Gasteiger partial charge in [0.05, 0.1) is 5.56 Å². The van der Waals surface area contributed by atoms with E-state index in [-0.39, 0.29) is 12.4 Å². The Kier molecular flexibility index (Phi) is 6.32. The zero-order chi connectivity index (χ0) is 14.3. The fourth-order valence-corrected chi connectivity index (χ4v) is 1.38. The van der Waals surface area contributed by atoms with Gasteiger partial charge in [-0.05, 0) is 36.6 Å². The molecule has 1 rings (SSSR count). The third kappa shape index (κ3) is 6.22. The monoisotopic (exact) mass is 267 g/mol. The predicted octanol–water partition coefficient (Wildman–Crippen LogP) is 2.63. The van der Waals surface area contributed by atoms with E-state index in [1.165, 1.54) is 12.1 Å². The van der Waals surface area contributed by atoms with Crippen LogP contribution in [-0.4, -0.2) is 36.5 Å². The van der Waals surface area contributed by atoms with Gasteiger partial charge in [0.2, 0.25) is 6.79 Å². The fraction of sp³-hybridized carbons (Fsp3) is 0.500. The molecule has 1 aromatic rings. The molecule has 106 valence electrons. The summed E-state index contributed by atoms with van der Waals surface area (Å²) < 4.78 is 5.36. The van der Waals surface area contributed by atoms with Crippen molar-refractivity contribution in [3.63, 3.8) is 0 Å². The number of nitrogens with zero attached hydrogens (tertiary/aromatic N) is 1. The number of rotatable bonds is 8. The second-order valence-electron chi connectivity index (χ2n) is 4.75.